The van der Waals surface area contributed by atoms with E-state index >= 15 is 0 Å². The fourth-order valence-electron chi connectivity index (χ4n) is 2.20. The first-order chi connectivity index (χ1) is 5.70. The van der Waals surface area contributed by atoms with Crippen molar-refractivity contribution >= 4 is 12.6 Å². The van der Waals surface area contributed by atoms with Gasteiger partial charge in [0, 0.05) is 19.9 Å². The summed E-state index contributed by atoms with van der Waals surface area (Å²) in [5, 5.41) is 0. The van der Waals surface area contributed by atoms with Gasteiger partial charge in [0.2, 0.25) is 5.91 Å². The van der Waals surface area contributed by atoms with Gasteiger partial charge in [0.1, 0.15) is 12.7 Å². The summed E-state index contributed by atoms with van der Waals surface area (Å²) in [6.07, 6.45) is 3.45. The first-order valence-corrected chi connectivity index (χ1v) is 4.43. The minimum atomic E-state index is 0.156. The predicted octanol–water partition coefficient (Wildman–Crippen LogP) is 0.461. The zero-order chi connectivity index (χ0) is 8.72. The number of rotatable bonds is 0. The van der Waals surface area contributed by atoms with Gasteiger partial charge in [0.25, 0.3) is 0 Å². The Hall–Kier alpha value is -0.990. The molecule has 1 amide bonds. The molecule has 0 aromatic rings. The number of hydrogen-bond acceptors (Lipinski definition) is 1. The Morgan fingerprint density at radius 1 is 1.67 bits per heavy atom. The molecule has 0 aliphatic carbocycles. The van der Waals surface area contributed by atoms with Crippen LogP contribution in [0.5, 0.6) is 0 Å². The Balaban J connectivity index is 2.19. The van der Waals surface area contributed by atoms with Crippen molar-refractivity contribution in [2.45, 2.75) is 19.8 Å². The van der Waals surface area contributed by atoms with E-state index in [0.717, 1.165) is 25.7 Å². The van der Waals surface area contributed by atoms with Crippen LogP contribution in [-0.4, -0.2) is 35.2 Å². The van der Waals surface area contributed by atoms with Gasteiger partial charge >= 0.3 is 0 Å². The maximum atomic E-state index is 11.2. The van der Waals surface area contributed by atoms with Crippen LogP contribution in [0.3, 0.4) is 0 Å². The molecule has 3 nitrogen and oxygen atoms in total. The quantitative estimate of drug-likeness (QED) is 0.379. The van der Waals surface area contributed by atoms with Gasteiger partial charge in [-0.1, -0.05) is 0 Å². The Morgan fingerprint density at radius 3 is 3.08 bits per heavy atom. The molecule has 1 unspecified atom stereocenters. The third-order valence-corrected chi connectivity index (χ3v) is 2.79. The predicted molar refractivity (Wildman–Crippen MR) is 45.6 cm³/mol. The minimum Gasteiger partial charge on any atom is -0.351 e. The van der Waals surface area contributed by atoms with E-state index in [-0.39, 0.29) is 5.91 Å². The highest BCUT2D eigenvalue weighted by atomic mass is 16.2. The summed E-state index contributed by atoms with van der Waals surface area (Å²) in [7, 11) is 0. The lowest BCUT2D eigenvalue weighted by atomic mass is 10.1. The average molecular weight is 166 g/mol. The van der Waals surface area contributed by atoms with Crippen molar-refractivity contribution in [3.63, 3.8) is 0 Å². The largest absolute Gasteiger partial charge is 0.351 e. The van der Waals surface area contributed by atoms with Crippen LogP contribution in [0.1, 0.15) is 19.8 Å². The zero-order valence-corrected chi connectivity index (χ0v) is 7.42. The monoisotopic (exact) mass is 166 g/mol. The summed E-state index contributed by atoms with van der Waals surface area (Å²) in [5.41, 5.74) is 0. The number of amides is 1. The second-order valence-corrected chi connectivity index (χ2v) is 3.57. The van der Waals surface area contributed by atoms with E-state index in [2.05, 4.69) is 6.72 Å². The van der Waals surface area contributed by atoms with Crippen molar-refractivity contribution in [3.8, 4) is 0 Å². The van der Waals surface area contributed by atoms with Crippen LogP contribution in [0.2, 0.25) is 0 Å². The van der Waals surface area contributed by atoms with Crippen molar-refractivity contribution < 1.29 is 9.37 Å². The smallest absolute Gasteiger partial charge is 0.211 e. The molecule has 0 aromatic carbocycles. The summed E-state index contributed by atoms with van der Waals surface area (Å²) in [5.74, 6) is 0.759. The number of fused-ring (bicyclic) bond motifs is 1. The molecule has 0 spiro atoms. The van der Waals surface area contributed by atoms with Crippen molar-refractivity contribution in [2.24, 2.45) is 5.92 Å². The topological polar surface area (TPSA) is 23.3 Å². The summed E-state index contributed by atoms with van der Waals surface area (Å²) >= 11 is 0. The van der Waals surface area contributed by atoms with Crippen molar-refractivity contribution in [3.05, 3.63) is 6.17 Å². The molecule has 0 N–H and O–H groups in total. The van der Waals surface area contributed by atoms with E-state index in [0.29, 0.717) is 5.92 Å². The highest BCUT2D eigenvalue weighted by molar-refractivity contribution is 5.74. The van der Waals surface area contributed by atoms with Gasteiger partial charge in [0.15, 0.2) is 0 Å². The fraction of sp³-hybridized carbons (Fsp3) is 0.667. The first-order valence-electron chi connectivity index (χ1n) is 4.43. The molecule has 0 radical (unpaired) electrons. The van der Waals surface area contributed by atoms with Crippen LogP contribution in [0.25, 0.3) is 0 Å². The number of likely N-dealkylation sites (tertiary alicyclic amines) is 1. The van der Waals surface area contributed by atoms with E-state index in [1.54, 1.807) is 6.92 Å². The highest BCUT2D eigenvalue weighted by Crippen LogP contribution is 2.38. The van der Waals surface area contributed by atoms with Crippen LogP contribution in [0.15, 0.2) is 0 Å². The van der Waals surface area contributed by atoms with E-state index in [1.807, 2.05) is 9.48 Å². The maximum Gasteiger partial charge on any atom is 0.211 e. The molecule has 0 aromatic heterocycles. The van der Waals surface area contributed by atoms with Crippen molar-refractivity contribution in [2.75, 3.05) is 13.1 Å². The fourth-order valence-corrected chi connectivity index (χ4v) is 2.20. The normalized spacial score (nSPS) is 28.1. The Morgan fingerprint density at radius 2 is 2.42 bits per heavy atom. The van der Waals surface area contributed by atoms with Crippen molar-refractivity contribution in [1.82, 2.24) is 4.90 Å². The molecule has 2 saturated heterocycles. The van der Waals surface area contributed by atoms with Gasteiger partial charge in [-0.25, -0.2) is 0 Å². The van der Waals surface area contributed by atoms with Crippen LogP contribution < -0.4 is 0 Å². The number of carbonyl (C=O) groups is 1. The van der Waals surface area contributed by atoms with Crippen LogP contribution >= 0.6 is 0 Å². The number of carbonyl (C=O) groups excluding carboxylic acids is 1. The molecule has 0 bridgehead atoms. The van der Waals surface area contributed by atoms with Crippen LogP contribution in [0.4, 0.5) is 0 Å². The van der Waals surface area contributed by atoms with Gasteiger partial charge in [-0.3, -0.25) is 4.79 Å². The molecule has 3 heteroatoms. The SMILES string of the molecule is C=[N+]1CCC2CCN(C(C)=O)[C-]21. The summed E-state index contributed by atoms with van der Waals surface area (Å²) in [4.78, 5) is 13.1. The average Bonchev–Trinajstić information content (AvgIpc) is 2.53. The highest BCUT2D eigenvalue weighted by Gasteiger charge is 2.40. The number of nitrogens with zero attached hydrogens (tertiary/aromatic N) is 2. The second-order valence-electron chi connectivity index (χ2n) is 3.57. The molecule has 66 valence electrons. The molecular weight excluding hydrogens is 152 g/mol. The molecule has 2 rings (SSSR count). The molecule has 0 saturated carbocycles. The summed E-state index contributed by atoms with van der Waals surface area (Å²) < 4.78 is 1.97. The second kappa shape index (κ2) is 2.51. The maximum absolute atomic E-state index is 11.2. The number of hydrogen-bond donors (Lipinski definition) is 0. The molecule has 2 fully saturated rings. The van der Waals surface area contributed by atoms with E-state index in [1.165, 1.54) is 6.42 Å². The van der Waals surface area contributed by atoms with Gasteiger partial charge in [0.05, 0.1) is 0 Å². The molecule has 2 aliphatic rings. The van der Waals surface area contributed by atoms with Crippen molar-refractivity contribution in [1.29, 1.82) is 0 Å². The standard InChI is InChI=1S/C9H14N2O/c1-7(12)11-6-4-8-3-5-10(2)9(8)11/h8H,2-6H2,1H3. The lowest BCUT2D eigenvalue weighted by molar-refractivity contribution is -0.503. The third kappa shape index (κ3) is 0.924. The van der Waals surface area contributed by atoms with Gasteiger partial charge in [-0.2, -0.15) is 0 Å². The Bertz CT molecular complexity index is 237. The van der Waals surface area contributed by atoms with Gasteiger partial charge in [-0.05, 0) is 19.1 Å². The minimum absolute atomic E-state index is 0.156. The first kappa shape index (κ1) is 7.65. The molecular formula is C9H14N2O. The molecule has 12 heavy (non-hydrogen) atoms. The van der Waals surface area contributed by atoms with E-state index in [9.17, 15) is 4.79 Å². The lowest BCUT2D eigenvalue weighted by Crippen LogP contribution is -2.33. The molecule has 2 heterocycles. The van der Waals surface area contributed by atoms with Gasteiger partial charge < -0.3 is 9.48 Å². The van der Waals surface area contributed by atoms with Gasteiger partial charge in [-0.15, -0.1) is 0 Å². The Labute approximate surface area is 72.7 Å². The summed E-state index contributed by atoms with van der Waals surface area (Å²) in [6, 6.07) is 0. The Kier molecular flexibility index (Phi) is 1.60. The van der Waals surface area contributed by atoms with Crippen LogP contribution in [-0.2, 0) is 4.79 Å². The molecule has 1 atom stereocenters. The van der Waals surface area contributed by atoms with E-state index < -0.39 is 0 Å². The zero-order valence-electron chi connectivity index (χ0n) is 7.42. The lowest BCUT2D eigenvalue weighted by Gasteiger charge is -2.25. The van der Waals surface area contributed by atoms with E-state index in [4.69, 9.17) is 0 Å². The van der Waals surface area contributed by atoms with Crippen LogP contribution in [0, 0.1) is 12.1 Å². The third-order valence-electron chi connectivity index (χ3n) is 2.79. The summed E-state index contributed by atoms with van der Waals surface area (Å²) in [6.45, 7) is 7.44. The molecule has 2 aliphatic heterocycles.